The highest BCUT2D eigenvalue weighted by Gasteiger charge is 2.28. The lowest BCUT2D eigenvalue weighted by Gasteiger charge is -2.20. The molecule has 0 heterocycles. The zero-order chi connectivity index (χ0) is 13.1. The van der Waals surface area contributed by atoms with Crippen molar-refractivity contribution in [2.24, 2.45) is 5.41 Å². The molecule has 1 aromatic rings. The first-order chi connectivity index (χ1) is 7.80. The minimum absolute atomic E-state index is 0.0338. The van der Waals surface area contributed by atoms with Crippen molar-refractivity contribution in [2.45, 2.75) is 32.4 Å². The number of ether oxygens (including phenoxy) is 1. The van der Waals surface area contributed by atoms with Crippen LogP contribution in [0.4, 0.5) is 0 Å². The molecule has 94 valence electrons. The van der Waals surface area contributed by atoms with Crippen LogP contribution >= 0.6 is 27.5 Å². The van der Waals surface area contributed by atoms with Crippen molar-refractivity contribution in [1.82, 2.24) is 0 Å². The molecule has 1 unspecified atom stereocenters. The molecule has 0 aliphatic heterocycles. The Morgan fingerprint density at radius 1 is 1.35 bits per heavy atom. The molecule has 1 rings (SSSR count). The fourth-order valence-electron chi connectivity index (χ4n) is 1.17. The van der Waals surface area contributed by atoms with E-state index in [4.69, 9.17) is 16.3 Å². The first-order valence-corrected chi connectivity index (χ1v) is 6.64. The lowest BCUT2D eigenvalue weighted by Crippen LogP contribution is -2.30. The Morgan fingerprint density at radius 3 is 2.35 bits per heavy atom. The number of ketones is 1. The van der Waals surface area contributed by atoms with Gasteiger partial charge in [-0.15, -0.1) is 0 Å². The van der Waals surface area contributed by atoms with Gasteiger partial charge in [-0.25, -0.2) is 0 Å². The molecule has 0 saturated carbocycles. The lowest BCUT2D eigenvalue weighted by atomic mass is 9.91. The number of halogens is 2. The Morgan fingerprint density at radius 2 is 1.88 bits per heavy atom. The lowest BCUT2D eigenvalue weighted by molar-refractivity contribution is -0.133. The van der Waals surface area contributed by atoms with Crippen LogP contribution < -0.4 is 0 Å². The van der Waals surface area contributed by atoms with Gasteiger partial charge in [-0.05, 0) is 33.6 Å². The highest BCUT2D eigenvalue weighted by Crippen LogP contribution is 2.22. The van der Waals surface area contributed by atoms with Crippen molar-refractivity contribution >= 4 is 33.3 Å². The van der Waals surface area contributed by atoms with E-state index in [-0.39, 0.29) is 5.78 Å². The van der Waals surface area contributed by atoms with Gasteiger partial charge in [-0.3, -0.25) is 4.79 Å². The molecule has 0 fully saturated rings. The molecule has 0 spiro atoms. The number of Topliss-reactive ketones (excluding diaryl/α,β-unsaturated/α-hetero) is 1. The standard InChI is InChI=1S/C13H16BrClO2/c1-13(2,3)11(16)12(14)17-8-9-4-6-10(15)7-5-9/h4-7,12H,8H2,1-3H3. The molecular formula is C13H16BrClO2. The van der Waals surface area contributed by atoms with Crippen LogP contribution in [-0.2, 0) is 16.1 Å². The number of benzene rings is 1. The first kappa shape index (κ1) is 14.7. The van der Waals surface area contributed by atoms with E-state index in [1.54, 1.807) is 12.1 Å². The van der Waals surface area contributed by atoms with E-state index in [2.05, 4.69) is 15.9 Å². The third kappa shape index (κ3) is 4.78. The number of carbonyl (C=O) groups is 1. The van der Waals surface area contributed by atoms with Crippen LogP contribution in [0.15, 0.2) is 24.3 Å². The summed E-state index contributed by atoms with van der Waals surface area (Å²) in [7, 11) is 0. The van der Waals surface area contributed by atoms with Crippen molar-refractivity contribution in [2.75, 3.05) is 0 Å². The smallest absolute Gasteiger partial charge is 0.177 e. The second kappa shape index (κ2) is 5.98. The molecule has 1 atom stereocenters. The summed E-state index contributed by atoms with van der Waals surface area (Å²) >= 11 is 9.03. The van der Waals surface area contributed by atoms with Crippen LogP contribution in [0.5, 0.6) is 0 Å². The Balaban J connectivity index is 2.51. The molecule has 0 saturated heterocycles. The van der Waals surface area contributed by atoms with Gasteiger partial charge >= 0.3 is 0 Å². The van der Waals surface area contributed by atoms with E-state index >= 15 is 0 Å². The van der Waals surface area contributed by atoms with Crippen molar-refractivity contribution in [3.05, 3.63) is 34.9 Å². The van der Waals surface area contributed by atoms with Crippen LogP contribution in [0.1, 0.15) is 26.3 Å². The van der Waals surface area contributed by atoms with Crippen LogP contribution in [0.2, 0.25) is 5.02 Å². The van der Waals surface area contributed by atoms with Gasteiger partial charge in [0.1, 0.15) is 0 Å². The van der Waals surface area contributed by atoms with Gasteiger partial charge in [0.2, 0.25) is 0 Å². The quantitative estimate of drug-likeness (QED) is 0.778. The molecule has 2 nitrogen and oxygen atoms in total. The Hall–Kier alpha value is -0.380. The van der Waals surface area contributed by atoms with Crippen molar-refractivity contribution in [3.63, 3.8) is 0 Å². The molecule has 0 radical (unpaired) electrons. The Labute approximate surface area is 115 Å². The minimum atomic E-state index is -0.571. The van der Waals surface area contributed by atoms with E-state index in [0.717, 1.165) is 5.56 Å². The monoisotopic (exact) mass is 318 g/mol. The second-order valence-corrected chi connectivity index (χ2v) is 6.14. The zero-order valence-electron chi connectivity index (χ0n) is 10.2. The Kier molecular flexibility index (Phi) is 5.17. The molecule has 0 aromatic heterocycles. The Bertz CT molecular complexity index is 381. The van der Waals surface area contributed by atoms with Crippen molar-refractivity contribution < 1.29 is 9.53 Å². The molecule has 17 heavy (non-hydrogen) atoms. The average Bonchev–Trinajstić information content (AvgIpc) is 2.25. The third-order valence-electron chi connectivity index (χ3n) is 2.25. The summed E-state index contributed by atoms with van der Waals surface area (Å²) < 4.78 is 5.48. The number of hydrogen-bond donors (Lipinski definition) is 0. The summed E-state index contributed by atoms with van der Waals surface area (Å²) in [5.41, 5.74) is 0.578. The van der Waals surface area contributed by atoms with Gasteiger partial charge in [0.15, 0.2) is 10.8 Å². The summed E-state index contributed by atoms with van der Waals surface area (Å²) in [5.74, 6) is 0.0338. The molecule has 1 aromatic carbocycles. The summed E-state index contributed by atoms with van der Waals surface area (Å²) in [6.45, 7) is 5.99. The van der Waals surface area contributed by atoms with Gasteiger partial charge in [0, 0.05) is 10.4 Å². The molecule has 0 N–H and O–H groups in total. The maximum atomic E-state index is 11.8. The normalized spacial score (nSPS) is 13.5. The predicted molar refractivity (Wildman–Crippen MR) is 73.4 cm³/mol. The summed E-state index contributed by atoms with van der Waals surface area (Å²) in [5, 5.41) is 0.119. The van der Waals surface area contributed by atoms with Crippen LogP contribution in [0.3, 0.4) is 0 Å². The van der Waals surface area contributed by atoms with E-state index in [9.17, 15) is 4.79 Å². The molecule has 0 aliphatic rings. The van der Waals surface area contributed by atoms with Crippen LogP contribution in [0, 0.1) is 5.41 Å². The SMILES string of the molecule is CC(C)(C)C(=O)C(Br)OCc1ccc(Cl)cc1. The molecule has 0 bridgehead atoms. The maximum Gasteiger partial charge on any atom is 0.177 e. The van der Waals surface area contributed by atoms with Crippen molar-refractivity contribution in [3.8, 4) is 0 Å². The highest BCUT2D eigenvalue weighted by atomic mass is 79.9. The molecule has 0 amide bonds. The fourth-order valence-corrected chi connectivity index (χ4v) is 2.11. The van der Waals surface area contributed by atoms with E-state index in [1.807, 2.05) is 32.9 Å². The van der Waals surface area contributed by atoms with Gasteiger partial charge in [0.05, 0.1) is 6.61 Å². The minimum Gasteiger partial charge on any atom is -0.354 e. The van der Waals surface area contributed by atoms with Gasteiger partial charge in [0.25, 0.3) is 0 Å². The molecule has 0 aliphatic carbocycles. The topological polar surface area (TPSA) is 26.3 Å². The largest absolute Gasteiger partial charge is 0.354 e. The molecular weight excluding hydrogens is 303 g/mol. The number of hydrogen-bond acceptors (Lipinski definition) is 2. The van der Waals surface area contributed by atoms with E-state index in [0.29, 0.717) is 11.6 Å². The summed E-state index contributed by atoms with van der Waals surface area (Å²) in [6, 6.07) is 7.36. The second-order valence-electron chi connectivity index (χ2n) is 4.87. The summed E-state index contributed by atoms with van der Waals surface area (Å²) in [4.78, 5) is 11.8. The third-order valence-corrected chi connectivity index (χ3v) is 3.19. The highest BCUT2D eigenvalue weighted by molar-refractivity contribution is 9.09. The van der Waals surface area contributed by atoms with Gasteiger partial charge < -0.3 is 4.74 Å². The predicted octanol–water partition coefficient (Wildman–Crippen LogP) is 4.19. The number of carbonyl (C=O) groups excluding carboxylic acids is 1. The number of alkyl halides is 1. The number of rotatable bonds is 4. The van der Waals surface area contributed by atoms with Crippen LogP contribution in [-0.4, -0.2) is 10.8 Å². The molecule has 4 heteroatoms. The summed E-state index contributed by atoms with van der Waals surface area (Å²) in [6.07, 6.45) is 0. The first-order valence-electron chi connectivity index (χ1n) is 5.35. The zero-order valence-corrected chi connectivity index (χ0v) is 12.5. The van der Waals surface area contributed by atoms with E-state index < -0.39 is 10.4 Å². The maximum absolute atomic E-state index is 11.8. The van der Waals surface area contributed by atoms with Crippen LogP contribution in [0.25, 0.3) is 0 Å². The average molecular weight is 320 g/mol. The van der Waals surface area contributed by atoms with Gasteiger partial charge in [-0.2, -0.15) is 0 Å². The van der Waals surface area contributed by atoms with E-state index in [1.165, 1.54) is 0 Å². The van der Waals surface area contributed by atoms with Crippen molar-refractivity contribution in [1.29, 1.82) is 0 Å². The fraction of sp³-hybridized carbons (Fsp3) is 0.462. The van der Waals surface area contributed by atoms with Gasteiger partial charge in [-0.1, -0.05) is 44.5 Å².